The summed E-state index contributed by atoms with van der Waals surface area (Å²) < 4.78 is 0. The zero-order valence-electron chi connectivity index (χ0n) is 9.68. The molecule has 0 saturated heterocycles. The van der Waals surface area contributed by atoms with Gasteiger partial charge in [0.15, 0.2) is 5.69 Å². The van der Waals surface area contributed by atoms with Crippen LogP contribution in [-0.4, -0.2) is 22.0 Å². The highest BCUT2D eigenvalue weighted by Crippen LogP contribution is 2.21. The molecule has 0 bridgehead atoms. The Bertz CT molecular complexity index is 585. The molecule has 0 aliphatic carbocycles. The van der Waals surface area contributed by atoms with Crippen molar-refractivity contribution in [1.82, 2.24) is 15.0 Å². The fourth-order valence-corrected chi connectivity index (χ4v) is 1.33. The molecule has 0 spiro atoms. The van der Waals surface area contributed by atoms with Gasteiger partial charge in [0.2, 0.25) is 0 Å². The van der Waals surface area contributed by atoms with Crippen LogP contribution in [-0.2, 0) is 0 Å². The van der Waals surface area contributed by atoms with E-state index in [9.17, 15) is 0 Å². The summed E-state index contributed by atoms with van der Waals surface area (Å²) >= 11 is 0. The SMILES string of the molecule is CNc1cc(Nc2cnc(C#N)cn2)ncc1N. The van der Waals surface area contributed by atoms with Crippen LogP contribution < -0.4 is 16.4 Å². The maximum Gasteiger partial charge on any atom is 0.158 e. The lowest BCUT2D eigenvalue weighted by molar-refractivity contribution is 1.15. The second kappa shape index (κ2) is 4.97. The van der Waals surface area contributed by atoms with Gasteiger partial charge in [-0.15, -0.1) is 0 Å². The first-order chi connectivity index (χ1) is 8.72. The van der Waals surface area contributed by atoms with E-state index < -0.39 is 0 Å². The lowest BCUT2D eigenvalue weighted by Gasteiger charge is -2.08. The summed E-state index contributed by atoms with van der Waals surface area (Å²) in [7, 11) is 1.77. The fraction of sp³-hybridized carbons (Fsp3) is 0.0909. The maximum absolute atomic E-state index is 8.61. The van der Waals surface area contributed by atoms with Gasteiger partial charge in [-0.2, -0.15) is 5.26 Å². The number of nitrogen functional groups attached to an aromatic ring is 1. The summed E-state index contributed by atoms with van der Waals surface area (Å²) in [6, 6.07) is 3.66. The van der Waals surface area contributed by atoms with Gasteiger partial charge in [-0.1, -0.05) is 0 Å². The summed E-state index contributed by atoms with van der Waals surface area (Å²) in [5.74, 6) is 1.10. The summed E-state index contributed by atoms with van der Waals surface area (Å²) in [4.78, 5) is 12.1. The number of nitrogens with two attached hydrogens (primary N) is 1. The van der Waals surface area contributed by atoms with Gasteiger partial charge in [-0.3, -0.25) is 0 Å². The molecule has 0 atom stereocenters. The van der Waals surface area contributed by atoms with E-state index in [-0.39, 0.29) is 5.69 Å². The van der Waals surface area contributed by atoms with Crippen molar-refractivity contribution >= 4 is 23.0 Å². The van der Waals surface area contributed by atoms with Crippen molar-refractivity contribution in [2.24, 2.45) is 0 Å². The fourth-order valence-electron chi connectivity index (χ4n) is 1.33. The van der Waals surface area contributed by atoms with Crippen LogP contribution in [0.3, 0.4) is 0 Å². The van der Waals surface area contributed by atoms with Gasteiger partial charge in [0.05, 0.1) is 30.0 Å². The maximum atomic E-state index is 8.61. The number of hydrogen-bond donors (Lipinski definition) is 3. The van der Waals surface area contributed by atoms with Crippen LogP contribution in [0.15, 0.2) is 24.7 Å². The van der Waals surface area contributed by atoms with Crippen molar-refractivity contribution in [2.45, 2.75) is 0 Å². The smallest absolute Gasteiger partial charge is 0.158 e. The largest absolute Gasteiger partial charge is 0.396 e. The molecule has 0 aliphatic heterocycles. The van der Waals surface area contributed by atoms with Crippen LogP contribution in [0, 0.1) is 11.3 Å². The van der Waals surface area contributed by atoms with Crippen LogP contribution >= 0.6 is 0 Å². The predicted molar refractivity (Wildman–Crippen MR) is 68.2 cm³/mol. The van der Waals surface area contributed by atoms with Crippen LogP contribution in [0.4, 0.5) is 23.0 Å². The highest BCUT2D eigenvalue weighted by atomic mass is 15.1. The molecule has 7 heteroatoms. The number of anilines is 4. The van der Waals surface area contributed by atoms with E-state index in [1.807, 2.05) is 6.07 Å². The minimum absolute atomic E-state index is 0.265. The zero-order valence-corrected chi connectivity index (χ0v) is 9.68. The Morgan fingerprint density at radius 1 is 1.17 bits per heavy atom. The highest BCUT2D eigenvalue weighted by molar-refractivity contribution is 5.69. The normalized spacial score (nSPS) is 9.56. The second-order valence-corrected chi connectivity index (χ2v) is 3.43. The molecule has 90 valence electrons. The molecule has 4 N–H and O–H groups in total. The zero-order chi connectivity index (χ0) is 13.0. The van der Waals surface area contributed by atoms with E-state index in [0.29, 0.717) is 17.3 Å². The molecule has 0 radical (unpaired) electrons. The Labute approximate surface area is 104 Å². The van der Waals surface area contributed by atoms with Crippen molar-refractivity contribution < 1.29 is 0 Å². The van der Waals surface area contributed by atoms with Gasteiger partial charge in [0.1, 0.15) is 17.7 Å². The van der Waals surface area contributed by atoms with E-state index in [1.54, 1.807) is 19.3 Å². The van der Waals surface area contributed by atoms with Crippen molar-refractivity contribution in [3.05, 3.63) is 30.4 Å². The Morgan fingerprint density at radius 2 is 1.94 bits per heavy atom. The number of nitrogens with one attached hydrogen (secondary N) is 2. The van der Waals surface area contributed by atoms with Crippen molar-refractivity contribution in [3.8, 4) is 6.07 Å². The first-order valence-electron chi connectivity index (χ1n) is 5.15. The number of nitrogens with zero attached hydrogens (tertiary/aromatic N) is 4. The standard InChI is InChI=1S/C11H11N7/c1-14-9-2-10(17-5-8(9)13)18-11-6-15-7(3-12)4-16-11/h2,4-6H,13H2,1H3,(H2,14,16,17,18). The van der Waals surface area contributed by atoms with E-state index in [4.69, 9.17) is 11.0 Å². The quantitative estimate of drug-likeness (QED) is 0.737. The number of pyridine rings is 1. The van der Waals surface area contributed by atoms with Gasteiger partial charge in [-0.05, 0) is 0 Å². The third-order valence-corrected chi connectivity index (χ3v) is 2.23. The Kier molecular flexibility index (Phi) is 3.20. The topological polar surface area (TPSA) is 113 Å². The van der Waals surface area contributed by atoms with Crippen LogP contribution in [0.2, 0.25) is 0 Å². The lowest BCUT2D eigenvalue weighted by atomic mass is 10.3. The molecule has 0 unspecified atom stereocenters. The summed E-state index contributed by atoms with van der Waals surface area (Å²) in [6.07, 6.45) is 4.40. The molecule has 0 saturated carbocycles. The third-order valence-electron chi connectivity index (χ3n) is 2.23. The molecular weight excluding hydrogens is 230 g/mol. The van der Waals surface area contributed by atoms with Crippen molar-refractivity contribution in [1.29, 1.82) is 5.26 Å². The molecule has 2 rings (SSSR count). The highest BCUT2D eigenvalue weighted by Gasteiger charge is 2.02. The second-order valence-electron chi connectivity index (χ2n) is 3.43. The van der Waals surface area contributed by atoms with Crippen LogP contribution in [0.1, 0.15) is 5.69 Å². The van der Waals surface area contributed by atoms with Gasteiger partial charge < -0.3 is 16.4 Å². The average Bonchev–Trinajstić information content (AvgIpc) is 2.42. The van der Waals surface area contributed by atoms with E-state index in [0.717, 1.165) is 5.69 Å². The van der Waals surface area contributed by atoms with E-state index in [1.165, 1.54) is 12.4 Å². The number of rotatable bonds is 3. The lowest BCUT2D eigenvalue weighted by Crippen LogP contribution is -2.01. The Hall–Kier alpha value is -2.88. The summed E-state index contributed by atoms with van der Waals surface area (Å²) in [5, 5.41) is 14.5. The molecular formula is C11H11N7. The molecule has 7 nitrogen and oxygen atoms in total. The minimum Gasteiger partial charge on any atom is -0.396 e. The van der Waals surface area contributed by atoms with E-state index >= 15 is 0 Å². The number of aromatic nitrogens is 3. The first kappa shape index (κ1) is 11.6. The summed E-state index contributed by atoms with van der Waals surface area (Å²) in [5.41, 5.74) is 7.32. The molecule has 18 heavy (non-hydrogen) atoms. The van der Waals surface area contributed by atoms with Gasteiger partial charge in [0.25, 0.3) is 0 Å². The first-order valence-corrected chi connectivity index (χ1v) is 5.15. The number of hydrogen-bond acceptors (Lipinski definition) is 7. The van der Waals surface area contributed by atoms with Gasteiger partial charge in [-0.25, -0.2) is 15.0 Å². The third kappa shape index (κ3) is 2.44. The molecule has 0 aliphatic rings. The molecule has 2 aromatic rings. The van der Waals surface area contributed by atoms with Gasteiger partial charge in [0, 0.05) is 13.1 Å². The summed E-state index contributed by atoms with van der Waals surface area (Å²) in [6.45, 7) is 0. The molecule has 0 amide bonds. The predicted octanol–water partition coefficient (Wildman–Crippen LogP) is 1.11. The average molecular weight is 241 g/mol. The number of nitriles is 1. The van der Waals surface area contributed by atoms with E-state index in [2.05, 4.69) is 25.6 Å². The monoisotopic (exact) mass is 241 g/mol. The van der Waals surface area contributed by atoms with Crippen LogP contribution in [0.5, 0.6) is 0 Å². The Balaban J connectivity index is 2.20. The van der Waals surface area contributed by atoms with Crippen molar-refractivity contribution in [3.63, 3.8) is 0 Å². The molecule has 0 aromatic carbocycles. The molecule has 2 heterocycles. The van der Waals surface area contributed by atoms with Crippen LogP contribution in [0.25, 0.3) is 0 Å². The molecule has 2 aromatic heterocycles. The Morgan fingerprint density at radius 3 is 2.56 bits per heavy atom. The molecule has 0 fully saturated rings. The van der Waals surface area contributed by atoms with Gasteiger partial charge >= 0.3 is 0 Å². The van der Waals surface area contributed by atoms with Crippen molar-refractivity contribution in [2.75, 3.05) is 23.4 Å². The minimum atomic E-state index is 0.265.